The minimum atomic E-state index is -1.38. The Hall–Kier alpha value is -2.38. The lowest BCUT2D eigenvalue weighted by Crippen LogP contribution is -2.53. The topological polar surface area (TPSA) is 123 Å². The summed E-state index contributed by atoms with van der Waals surface area (Å²) in [4.78, 5) is 32.7. The summed E-state index contributed by atoms with van der Waals surface area (Å²) in [6.07, 6.45) is 1.45. The van der Waals surface area contributed by atoms with Crippen LogP contribution in [0, 0.1) is 16.0 Å². The van der Waals surface area contributed by atoms with E-state index in [0.29, 0.717) is 0 Å². The van der Waals surface area contributed by atoms with Gasteiger partial charge in [-0.05, 0) is 31.7 Å². The predicted molar refractivity (Wildman–Crippen MR) is 61.6 cm³/mol. The molecule has 0 aromatic carbocycles. The fourth-order valence-corrected chi connectivity index (χ4v) is 1.84. The number of amides is 1. The van der Waals surface area contributed by atoms with Gasteiger partial charge in [0.15, 0.2) is 5.76 Å². The van der Waals surface area contributed by atoms with E-state index in [1.165, 1.54) is 6.92 Å². The molecule has 0 saturated heterocycles. The maximum Gasteiger partial charge on any atom is 0.433 e. The molecule has 8 heteroatoms. The SMILES string of the molecule is CC(NC(=O)c1ccc([N+](=O)[O-])o1)(C(=O)O)C1CC1. The average Bonchev–Trinajstić information content (AvgIpc) is 3.06. The maximum atomic E-state index is 11.8. The molecule has 0 radical (unpaired) electrons. The first-order valence-electron chi connectivity index (χ1n) is 5.64. The van der Waals surface area contributed by atoms with Gasteiger partial charge in [0.05, 0.1) is 6.07 Å². The molecule has 1 saturated carbocycles. The Morgan fingerprint density at radius 2 is 2.16 bits per heavy atom. The Balaban J connectivity index is 2.15. The second kappa shape index (κ2) is 4.38. The Bertz CT molecular complexity index is 547. The lowest BCUT2D eigenvalue weighted by Gasteiger charge is -2.25. The largest absolute Gasteiger partial charge is 0.480 e. The molecule has 1 amide bonds. The number of hydrogen-bond donors (Lipinski definition) is 2. The summed E-state index contributed by atoms with van der Waals surface area (Å²) in [6, 6.07) is 2.19. The Labute approximate surface area is 107 Å². The molecule has 1 aliphatic rings. The van der Waals surface area contributed by atoms with Crippen LogP contribution >= 0.6 is 0 Å². The number of furan rings is 1. The van der Waals surface area contributed by atoms with E-state index in [-0.39, 0.29) is 11.7 Å². The lowest BCUT2D eigenvalue weighted by molar-refractivity contribution is -0.402. The molecule has 0 aliphatic heterocycles. The fraction of sp³-hybridized carbons (Fsp3) is 0.455. The van der Waals surface area contributed by atoms with E-state index < -0.39 is 28.2 Å². The van der Waals surface area contributed by atoms with Crippen LogP contribution in [0.1, 0.15) is 30.3 Å². The number of rotatable bonds is 5. The molecule has 2 rings (SSSR count). The number of aliphatic carboxylic acids is 1. The minimum Gasteiger partial charge on any atom is -0.480 e. The van der Waals surface area contributed by atoms with E-state index in [1.807, 2.05) is 0 Å². The van der Waals surface area contributed by atoms with Crippen molar-refractivity contribution in [2.24, 2.45) is 5.92 Å². The second-order valence-electron chi connectivity index (χ2n) is 4.63. The van der Waals surface area contributed by atoms with Crippen LogP contribution in [0.3, 0.4) is 0 Å². The first-order valence-corrected chi connectivity index (χ1v) is 5.64. The van der Waals surface area contributed by atoms with Gasteiger partial charge in [0, 0.05) is 0 Å². The highest BCUT2D eigenvalue weighted by molar-refractivity contribution is 5.96. The summed E-state index contributed by atoms with van der Waals surface area (Å²) >= 11 is 0. The van der Waals surface area contributed by atoms with Gasteiger partial charge in [-0.2, -0.15) is 0 Å². The van der Waals surface area contributed by atoms with Gasteiger partial charge in [-0.25, -0.2) is 4.79 Å². The summed E-state index contributed by atoms with van der Waals surface area (Å²) in [5.74, 6) is -2.87. The van der Waals surface area contributed by atoms with Gasteiger partial charge in [-0.1, -0.05) is 0 Å². The monoisotopic (exact) mass is 268 g/mol. The Morgan fingerprint density at radius 1 is 1.53 bits per heavy atom. The van der Waals surface area contributed by atoms with Crippen LogP contribution in [-0.2, 0) is 4.79 Å². The quantitative estimate of drug-likeness (QED) is 0.610. The predicted octanol–water partition coefficient (Wildman–Crippen LogP) is 1.17. The zero-order valence-electron chi connectivity index (χ0n) is 10.1. The molecule has 19 heavy (non-hydrogen) atoms. The molecular weight excluding hydrogens is 256 g/mol. The van der Waals surface area contributed by atoms with Gasteiger partial charge in [0.1, 0.15) is 10.5 Å². The lowest BCUT2D eigenvalue weighted by atomic mass is 9.96. The second-order valence-corrected chi connectivity index (χ2v) is 4.63. The van der Waals surface area contributed by atoms with Crippen molar-refractivity contribution in [3.8, 4) is 0 Å². The molecule has 0 bridgehead atoms. The number of nitrogens with one attached hydrogen (secondary N) is 1. The molecular formula is C11H12N2O6. The molecule has 1 atom stereocenters. The van der Waals surface area contributed by atoms with Crippen LogP contribution in [-0.4, -0.2) is 27.4 Å². The first kappa shape index (κ1) is 13.1. The van der Waals surface area contributed by atoms with Crippen molar-refractivity contribution < 1.29 is 24.0 Å². The molecule has 1 aromatic rings. The normalized spacial score (nSPS) is 17.5. The van der Waals surface area contributed by atoms with Crippen molar-refractivity contribution in [1.82, 2.24) is 5.32 Å². The van der Waals surface area contributed by atoms with Crippen LogP contribution < -0.4 is 5.32 Å². The average molecular weight is 268 g/mol. The van der Waals surface area contributed by atoms with Gasteiger partial charge < -0.3 is 14.8 Å². The maximum absolute atomic E-state index is 11.8. The highest BCUT2D eigenvalue weighted by Crippen LogP contribution is 2.39. The Morgan fingerprint density at radius 3 is 2.58 bits per heavy atom. The third kappa shape index (κ3) is 2.42. The minimum absolute atomic E-state index is 0.126. The number of carboxylic acid groups (broad SMARTS) is 1. The molecule has 2 N–H and O–H groups in total. The van der Waals surface area contributed by atoms with Crippen molar-refractivity contribution in [3.63, 3.8) is 0 Å². The number of carbonyl (C=O) groups is 2. The van der Waals surface area contributed by atoms with Crippen LogP contribution in [0.25, 0.3) is 0 Å². The fourth-order valence-electron chi connectivity index (χ4n) is 1.84. The van der Waals surface area contributed by atoms with Crippen molar-refractivity contribution >= 4 is 17.8 Å². The van der Waals surface area contributed by atoms with Crippen LogP contribution in [0.2, 0.25) is 0 Å². The molecule has 1 unspecified atom stereocenters. The highest BCUT2D eigenvalue weighted by atomic mass is 16.6. The van der Waals surface area contributed by atoms with E-state index in [9.17, 15) is 24.8 Å². The Kier molecular flexibility index (Phi) is 3.01. The number of nitrogens with zero attached hydrogens (tertiary/aromatic N) is 1. The summed E-state index contributed by atoms with van der Waals surface area (Å²) < 4.78 is 4.73. The van der Waals surface area contributed by atoms with Crippen LogP contribution in [0.4, 0.5) is 5.88 Å². The number of hydrogen-bond acceptors (Lipinski definition) is 5. The van der Waals surface area contributed by atoms with Crippen molar-refractivity contribution in [3.05, 3.63) is 28.0 Å². The molecule has 1 aliphatic carbocycles. The van der Waals surface area contributed by atoms with Crippen molar-refractivity contribution in [2.45, 2.75) is 25.3 Å². The molecule has 0 spiro atoms. The zero-order chi connectivity index (χ0) is 14.2. The summed E-state index contributed by atoms with van der Waals surface area (Å²) in [5.41, 5.74) is -1.38. The molecule has 1 fully saturated rings. The number of carboxylic acids is 1. The van der Waals surface area contributed by atoms with E-state index in [4.69, 9.17) is 4.42 Å². The van der Waals surface area contributed by atoms with Crippen LogP contribution in [0.15, 0.2) is 16.5 Å². The van der Waals surface area contributed by atoms with Gasteiger partial charge in [0.2, 0.25) is 0 Å². The summed E-state index contributed by atoms with van der Waals surface area (Å²) in [6.45, 7) is 1.42. The van der Waals surface area contributed by atoms with Crippen molar-refractivity contribution in [1.29, 1.82) is 0 Å². The molecule has 102 valence electrons. The van der Waals surface area contributed by atoms with Crippen molar-refractivity contribution in [2.75, 3.05) is 0 Å². The standard InChI is InChI=1S/C11H12N2O6/c1-11(10(15)16,6-2-3-6)12-9(14)7-4-5-8(19-7)13(17)18/h4-6H,2-3H2,1H3,(H,12,14)(H,15,16). The number of nitro groups is 1. The summed E-state index contributed by atoms with van der Waals surface area (Å²) in [5, 5.41) is 22.0. The van der Waals surface area contributed by atoms with Gasteiger partial charge in [-0.3, -0.25) is 14.9 Å². The number of carbonyl (C=O) groups excluding carboxylic acids is 1. The third-order valence-electron chi connectivity index (χ3n) is 3.21. The van der Waals surface area contributed by atoms with E-state index in [0.717, 1.165) is 25.0 Å². The van der Waals surface area contributed by atoms with E-state index >= 15 is 0 Å². The van der Waals surface area contributed by atoms with Gasteiger partial charge in [-0.15, -0.1) is 0 Å². The van der Waals surface area contributed by atoms with E-state index in [1.54, 1.807) is 0 Å². The smallest absolute Gasteiger partial charge is 0.433 e. The molecule has 1 aromatic heterocycles. The van der Waals surface area contributed by atoms with Crippen LogP contribution in [0.5, 0.6) is 0 Å². The highest BCUT2D eigenvalue weighted by Gasteiger charge is 2.49. The zero-order valence-corrected chi connectivity index (χ0v) is 10.1. The first-order chi connectivity index (χ1) is 8.84. The third-order valence-corrected chi connectivity index (χ3v) is 3.21. The summed E-state index contributed by atoms with van der Waals surface area (Å²) in [7, 11) is 0. The van der Waals surface area contributed by atoms with Gasteiger partial charge in [0.25, 0.3) is 5.91 Å². The van der Waals surface area contributed by atoms with Gasteiger partial charge >= 0.3 is 11.9 Å². The molecule has 1 heterocycles. The van der Waals surface area contributed by atoms with E-state index in [2.05, 4.69) is 5.32 Å². The molecule has 8 nitrogen and oxygen atoms in total.